The van der Waals surface area contributed by atoms with Gasteiger partial charge in [0.1, 0.15) is 18.3 Å². The molecule has 0 saturated carbocycles. The van der Waals surface area contributed by atoms with Crippen molar-refractivity contribution in [2.45, 2.75) is 6.04 Å². The molecule has 0 bridgehead atoms. The molecule has 2 aliphatic rings. The normalized spacial score (nSPS) is 17.1. The number of carbonyl (C=O) groups is 3. The van der Waals surface area contributed by atoms with E-state index in [1.807, 2.05) is 6.07 Å². The molecule has 12 heteroatoms. The van der Waals surface area contributed by atoms with Crippen LogP contribution in [-0.4, -0.2) is 58.4 Å². The molecule has 0 spiro atoms. The second-order valence-electron chi connectivity index (χ2n) is 7.24. The van der Waals surface area contributed by atoms with Crippen molar-refractivity contribution in [3.8, 4) is 11.8 Å². The molecule has 1 atom stereocenters. The number of nitrogens with zero attached hydrogens (tertiary/aromatic N) is 4. The molecule has 33 heavy (non-hydrogen) atoms. The molecule has 3 amide bonds. The van der Waals surface area contributed by atoms with Crippen LogP contribution in [0.25, 0.3) is 0 Å². The van der Waals surface area contributed by atoms with Crippen molar-refractivity contribution >= 4 is 46.5 Å². The standard InChI is InChI=1S/C21H17N5O6S/c22-8-13-1-3-14(4-2-13)23-21(29)17-11-33-12-25(17)19(27)9-24-16-7-15(26(30)31)5-6-18(16)32-10-20(24)28/h1-7,17H,9-12H2,(H,23,29). The highest BCUT2D eigenvalue weighted by molar-refractivity contribution is 7.99. The molecule has 1 unspecified atom stereocenters. The Morgan fingerprint density at radius 1 is 1.27 bits per heavy atom. The number of non-ortho nitro benzene ring substituents is 1. The summed E-state index contributed by atoms with van der Waals surface area (Å²) in [5.41, 5.74) is 0.852. The number of carbonyl (C=O) groups excluding carboxylic acids is 3. The third-order valence-electron chi connectivity index (χ3n) is 5.18. The van der Waals surface area contributed by atoms with Crippen LogP contribution < -0.4 is 15.0 Å². The fourth-order valence-electron chi connectivity index (χ4n) is 3.46. The van der Waals surface area contributed by atoms with Crippen molar-refractivity contribution in [1.82, 2.24) is 4.90 Å². The van der Waals surface area contributed by atoms with Gasteiger partial charge in [0.05, 0.1) is 28.1 Å². The Kier molecular flexibility index (Phi) is 6.14. The number of ether oxygens (including phenoxy) is 1. The summed E-state index contributed by atoms with van der Waals surface area (Å²) in [7, 11) is 0. The number of rotatable bonds is 5. The molecule has 0 radical (unpaired) electrons. The third kappa shape index (κ3) is 4.58. The third-order valence-corrected chi connectivity index (χ3v) is 6.19. The number of anilines is 2. The summed E-state index contributed by atoms with van der Waals surface area (Å²) in [6.45, 7) is -0.674. The van der Waals surface area contributed by atoms with Gasteiger partial charge in [0.15, 0.2) is 6.61 Å². The number of nitro benzene ring substituents is 1. The van der Waals surface area contributed by atoms with E-state index in [1.54, 1.807) is 24.3 Å². The van der Waals surface area contributed by atoms with Crippen LogP contribution in [0, 0.1) is 21.4 Å². The van der Waals surface area contributed by atoms with Gasteiger partial charge >= 0.3 is 0 Å². The van der Waals surface area contributed by atoms with Gasteiger partial charge in [-0.2, -0.15) is 5.26 Å². The average Bonchev–Trinajstić information content (AvgIpc) is 3.31. The summed E-state index contributed by atoms with van der Waals surface area (Å²) in [5, 5.41) is 22.8. The number of nitrogens with one attached hydrogen (secondary N) is 1. The molecule has 0 aromatic heterocycles. The predicted molar refractivity (Wildman–Crippen MR) is 119 cm³/mol. The molecule has 0 aliphatic carbocycles. The fourth-order valence-corrected chi connectivity index (χ4v) is 4.64. The summed E-state index contributed by atoms with van der Waals surface area (Å²) >= 11 is 1.40. The maximum Gasteiger partial charge on any atom is 0.271 e. The number of benzene rings is 2. The topological polar surface area (TPSA) is 146 Å². The van der Waals surface area contributed by atoms with Gasteiger partial charge in [-0.15, -0.1) is 11.8 Å². The lowest BCUT2D eigenvalue weighted by Crippen LogP contribution is -2.50. The highest BCUT2D eigenvalue weighted by Crippen LogP contribution is 2.35. The van der Waals surface area contributed by atoms with E-state index in [2.05, 4.69) is 5.32 Å². The van der Waals surface area contributed by atoms with E-state index in [9.17, 15) is 24.5 Å². The summed E-state index contributed by atoms with van der Waals surface area (Å²) < 4.78 is 5.32. The SMILES string of the molecule is N#Cc1ccc(NC(=O)C2CSCN2C(=O)CN2C(=O)COc3ccc([N+](=O)[O-])cc32)cc1. The van der Waals surface area contributed by atoms with E-state index >= 15 is 0 Å². The van der Waals surface area contributed by atoms with Crippen LogP contribution in [0.1, 0.15) is 5.56 Å². The molecule has 1 fully saturated rings. The second kappa shape index (κ2) is 9.17. The van der Waals surface area contributed by atoms with E-state index in [0.29, 0.717) is 17.0 Å². The van der Waals surface area contributed by atoms with Crippen LogP contribution in [-0.2, 0) is 14.4 Å². The van der Waals surface area contributed by atoms with Crippen LogP contribution in [0.15, 0.2) is 42.5 Å². The minimum Gasteiger partial charge on any atom is -0.482 e. The second-order valence-corrected chi connectivity index (χ2v) is 8.24. The number of thioether (sulfide) groups is 1. The molecule has 11 nitrogen and oxygen atoms in total. The average molecular weight is 467 g/mol. The molecular formula is C21H17N5O6S. The zero-order valence-electron chi connectivity index (χ0n) is 17.1. The van der Waals surface area contributed by atoms with Gasteiger partial charge in [-0.05, 0) is 30.3 Å². The Morgan fingerprint density at radius 2 is 2.03 bits per heavy atom. The van der Waals surface area contributed by atoms with E-state index in [-0.39, 0.29) is 42.1 Å². The van der Waals surface area contributed by atoms with E-state index in [4.69, 9.17) is 10.00 Å². The van der Waals surface area contributed by atoms with Crippen molar-refractivity contribution in [1.29, 1.82) is 5.26 Å². The number of hydrogen-bond acceptors (Lipinski definition) is 8. The first-order chi connectivity index (χ1) is 15.9. The quantitative estimate of drug-likeness (QED) is 0.517. The van der Waals surface area contributed by atoms with Crippen LogP contribution in [0.2, 0.25) is 0 Å². The fraction of sp³-hybridized carbons (Fsp3) is 0.238. The molecule has 2 heterocycles. The highest BCUT2D eigenvalue weighted by Gasteiger charge is 2.37. The van der Waals surface area contributed by atoms with Gasteiger partial charge in [0.2, 0.25) is 11.8 Å². The van der Waals surface area contributed by atoms with Crippen LogP contribution in [0.4, 0.5) is 17.1 Å². The number of amides is 3. The summed E-state index contributed by atoms with van der Waals surface area (Å²) in [6, 6.07) is 11.4. The number of nitriles is 1. The summed E-state index contributed by atoms with van der Waals surface area (Å²) in [6.07, 6.45) is 0. The largest absolute Gasteiger partial charge is 0.482 e. The molecule has 168 valence electrons. The maximum absolute atomic E-state index is 13.1. The van der Waals surface area contributed by atoms with E-state index in [1.165, 1.54) is 34.9 Å². The first-order valence-electron chi connectivity index (χ1n) is 9.77. The minimum absolute atomic E-state index is 0.138. The molecule has 1 saturated heterocycles. The summed E-state index contributed by atoms with van der Waals surface area (Å²) in [5.74, 6) is -0.451. The Bertz CT molecular complexity index is 1180. The van der Waals surface area contributed by atoms with Gasteiger partial charge in [0.25, 0.3) is 11.6 Å². The lowest BCUT2D eigenvalue weighted by Gasteiger charge is -2.31. The first-order valence-corrected chi connectivity index (χ1v) is 10.9. The number of hydrogen-bond donors (Lipinski definition) is 1. The number of nitro groups is 1. The van der Waals surface area contributed by atoms with Gasteiger partial charge in [-0.25, -0.2) is 0 Å². The van der Waals surface area contributed by atoms with E-state index < -0.39 is 22.8 Å². The molecule has 1 N–H and O–H groups in total. The minimum atomic E-state index is -0.751. The predicted octanol–water partition coefficient (Wildman–Crippen LogP) is 1.73. The van der Waals surface area contributed by atoms with Crippen molar-refractivity contribution < 1.29 is 24.0 Å². The van der Waals surface area contributed by atoms with Crippen LogP contribution in [0.3, 0.4) is 0 Å². The maximum atomic E-state index is 13.1. The zero-order valence-corrected chi connectivity index (χ0v) is 17.9. The molecule has 2 aromatic rings. The zero-order chi connectivity index (χ0) is 23.5. The Morgan fingerprint density at radius 3 is 2.73 bits per heavy atom. The Labute approximate surface area is 192 Å². The Hall–Kier alpha value is -4.11. The van der Waals surface area contributed by atoms with Gasteiger partial charge in [-0.3, -0.25) is 29.4 Å². The smallest absolute Gasteiger partial charge is 0.271 e. The molecule has 2 aromatic carbocycles. The van der Waals surface area contributed by atoms with E-state index in [0.717, 1.165) is 4.90 Å². The van der Waals surface area contributed by atoms with Crippen molar-refractivity contribution in [2.75, 3.05) is 35.0 Å². The van der Waals surface area contributed by atoms with Crippen molar-refractivity contribution in [3.63, 3.8) is 0 Å². The van der Waals surface area contributed by atoms with Gasteiger partial charge in [-0.1, -0.05) is 0 Å². The highest BCUT2D eigenvalue weighted by atomic mass is 32.2. The molecule has 2 aliphatic heterocycles. The Balaban J connectivity index is 1.49. The lowest BCUT2D eigenvalue weighted by molar-refractivity contribution is -0.384. The van der Waals surface area contributed by atoms with Crippen LogP contribution >= 0.6 is 11.8 Å². The monoisotopic (exact) mass is 467 g/mol. The van der Waals surface area contributed by atoms with Gasteiger partial charge < -0.3 is 15.0 Å². The number of fused-ring (bicyclic) bond motifs is 1. The first kappa shape index (κ1) is 22.1. The van der Waals surface area contributed by atoms with Crippen LogP contribution in [0.5, 0.6) is 5.75 Å². The molecular weight excluding hydrogens is 450 g/mol. The lowest BCUT2D eigenvalue weighted by atomic mass is 10.2. The summed E-state index contributed by atoms with van der Waals surface area (Å²) in [4.78, 5) is 51.4. The molecule has 4 rings (SSSR count). The van der Waals surface area contributed by atoms with Gasteiger partial charge in [0, 0.05) is 23.6 Å². The van der Waals surface area contributed by atoms with Crippen molar-refractivity contribution in [3.05, 3.63) is 58.1 Å². The van der Waals surface area contributed by atoms with Crippen molar-refractivity contribution in [2.24, 2.45) is 0 Å².